The number of hydroxylamine groups is 2. The second-order valence-electron chi connectivity index (χ2n) is 6.50. The third kappa shape index (κ3) is 7.55. The Morgan fingerprint density at radius 1 is 1.08 bits per heavy atom. The molecule has 2 rings (SSSR count). The van der Waals surface area contributed by atoms with Gasteiger partial charge >= 0.3 is 5.97 Å². The minimum Gasteiger partial charge on any atom is -0.464 e. The molecule has 0 aromatic heterocycles. The zero-order valence-corrected chi connectivity index (χ0v) is 15.5. The number of ether oxygens (including phenoxy) is 4. The molecule has 2 aliphatic heterocycles. The molecule has 0 unspecified atom stereocenters. The Morgan fingerprint density at radius 3 is 2.56 bits per heavy atom. The summed E-state index contributed by atoms with van der Waals surface area (Å²) in [6, 6.07) is 0. The second-order valence-corrected chi connectivity index (χ2v) is 6.50. The van der Waals surface area contributed by atoms with Crippen LogP contribution in [0.2, 0.25) is 0 Å². The second kappa shape index (κ2) is 11.1. The number of carbonyl (C=O) groups is 1. The van der Waals surface area contributed by atoms with Crippen molar-refractivity contribution >= 4 is 5.97 Å². The van der Waals surface area contributed by atoms with Gasteiger partial charge in [0.1, 0.15) is 6.61 Å². The normalized spacial score (nSPS) is 21.5. The van der Waals surface area contributed by atoms with E-state index in [0.717, 1.165) is 39.0 Å². The van der Waals surface area contributed by atoms with Crippen LogP contribution in [0.5, 0.6) is 0 Å². The van der Waals surface area contributed by atoms with Gasteiger partial charge in [-0.1, -0.05) is 0 Å². The standard InChI is InChI=1S/C17H32N2O6/c1-3-23-16(20)14-22-11-10-21-12-13-25-19-8-9-24-17(15-19)4-6-18(2)7-5-17/h3-15H2,1-2H3. The summed E-state index contributed by atoms with van der Waals surface area (Å²) in [4.78, 5) is 19.2. The lowest BCUT2D eigenvalue weighted by molar-refractivity contribution is -0.251. The SMILES string of the molecule is CCOC(=O)COCCOCCON1CCOC2(CCN(C)CC2)C1. The lowest BCUT2D eigenvalue weighted by atomic mass is 9.90. The van der Waals surface area contributed by atoms with Crippen molar-refractivity contribution in [3.63, 3.8) is 0 Å². The van der Waals surface area contributed by atoms with Crippen LogP contribution in [0.3, 0.4) is 0 Å². The summed E-state index contributed by atoms with van der Waals surface area (Å²) in [5.41, 5.74) is -0.0491. The largest absolute Gasteiger partial charge is 0.464 e. The number of likely N-dealkylation sites (tertiary alicyclic amines) is 1. The van der Waals surface area contributed by atoms with Gasteiger partial charge in [0.15, 0.2) is 0 Å². The molecule has 0 atom stereocenters. The van der Waals surface area contributed by atoms with E-state index in [4.69, 9.17) is 23.8 Å². The summed E-state index contributed by atoms with van der Waals surface area (Å²) in [5, 5.41) is 2.01. The van der Waals surface area contributed by atoms with E-state index in [1.807, 2.05) is 5.06 Å². The maximum Gasteiger partial charge on any atom is 0.332 e. The van der Waals surface area contributed by atoms with Gasteiger partial charge in [-0.25, -0.2) is 4.79 Å². The number of esters is 1. The molecule has 0 aromatic rings. The molecule has 1 spiro atoms. The van der Waals surface area contributed by atoms with Crippen molar-refractivity contribution in [3.05, 3.63) is 0 Å². The summed E-state index contributed by atoms with van der Waals surface area (Å²) in [7, 11) is 2.15. The van der Waals surface area contributed by atoms with E-state index < -0.39 is 0 Å². The highest BCUT2D eigenvalue weighted by Gasteiger charge is 2.39. The fourth-order valence-corrected chi connectivity index (χ4v) is 3.05. The van der Waals surface area contributed by atoms with Gasteiger partial charge in [0.2, 0.25) is 0 Å². The molecule has 0 amide bonds. The molecule has 2 saturated heterocycles. The Kier molecular flexibility index (Phi) is 9.08. The zero-order chi connectivity index (χ0) is 18.0. The molecule has 2 fully saturated rings. The van der Waals surface area contributed by atoms with E-state index in [2.05, 4.69) is 11.9 Å². The molecular weight excluding hydrogens is 328 g/mol. The van der Waals surface area contributed by atoms with Gasteiger partial charge in [-0.15, -0.1) is 0 Å². The van der Waals surface area contributed by atoms with Gasteiger partial charge in [0.25, 0.3) is 0 Å². The number of carbonyl (C=O) groups excluding carboxylic acids is 1. The third-order valence-electron chi connectivity index (χ3n) is 4.51. The molecule has 0 aliphatic carbocycles. The van der Waals surface area contributed by atoms with Crippen molar-refractivity contribution in [1.29, 1.82) is 0 Å². The number of hydrogen-bond donors (Lipinski definition) is 0. The van der Waals surface area contributed by atoms with Crippen LogP contribution >= 0.6 is 0 Å². The van der Waals surface area contributed by atoms with Gasteiger partial charge in [-0.2, -0.15) is 5.06 Å². The van der Waals surface area contributed by atoms with Crippen LogP contribution < -0.4 is 0 Å². The van der Waals surface area contributed by atoms with Crippen molar-refractivity contribution in [2.75, 3.05) is 79.5 Å². The number of rotatable bonds is 10. The Bertz CT molecular complexity index is 387. The van der Waals surface area contributed by atoms with Crippen LogP contribution in [0.4, 0.5) is 0 Å². The first-order chi connectivity index (χ1) is 12.1. The molecule has 0 radical (unpaired) electrons. The average molecular weight is 360 g/mol. The smallest absolute Gasteiger partial charge is 0.332 e. The first-order valence-electron chi connectivity index (χ1n) is 9.15. The summed E-state index contributed by atoms with van der Waals surface area (Å²) >= 11 is 0. The molecule has 8 nitrogen and oxygen atoms in total. The van der Waals surface area contributed by atoms with Crippen molar-refractivity contribution in [2.24, 2.45) is 0 Å². The predicted octanol–water partition coefficient (Wildman–Crippen LogP) is 0.311. The number of piperidine rings is 1. The molecular formula is C17H32N2O6. The Morgan fingerprint density at radius 2 is 1.80 bits per heavy atom. The Balaban J connectivity index is 1.48. The van der Waals surface area contributed by atoms with Crippen molar-refractivity contribution in [3.8, 4) is 0 Å². The lowest BCUT2D eigenvalue weighted by Gasteiger charge is -2.46. The van der Waals surface area contributed by atoms with Crippen molar-refractivity contribution < 1.29 is 28.6 Å². The minimum atomic E-state index is -0.346. The van der Waals surface area contributed by atoms with Crippen LogP contribution in [0.25, 0.3) is 0 Å². The fraction of sp³-hybridized carbons (Fsp3) is 0.941. The molecule has 2 aliphatic rings. The van der Waals surface area contributed by atoms with Gasteiger partial charge in [0, 0.05) is 19.6 Å². The van der Waals surface area contributed by atoms with E-state index in [9.17, 15) is 4.79 Å². The first-order valence-corrected chi connectivity index (χ1v) is 9.15. The topological polar surface area (TPSA) is 69.7 Å². The highest BCUT2D eigenvalue weighted by molar-refractivity contribution is 5.70. The van der Waals surface area contributed by atoms with Gasteiger partial charge in [-0.05, 0) is 26.8 Å². The average Bonchev–Trinajstić information content (AvgIpc) is 2.61. The minimum absolute atomic E-state index is 0.0290. The molecule has 0 aromatic carbocycles. The third-order valence-corrected chi connectivity index (χ3v) is 4.51. The zero-order valence-electron chi connectivity index (χ0n) is 15.5. The van der Waals surface area contributed by atoms with E-state index in [1.165, 1.54) is 0 Å². The van der Waals surface area contributed by atoms with E-state index >= 15 is 0 Å². The monoisotopic (exact) mass is 360 g/mol. The summed E-state index contributed by atoms with van der Waals surface area (Å²) < 4.78 is 21.4. The van der Waals surface area contributed by atoms with Crippen LogP contribution in [0.1, 0.15) is 19.8 Å². The maximum absolute atomic E-state index is 11.1. The number of nitrogens with zero attached hydrogens (tertiary/aromatic N) is 2. The molecule has 146 valence electrons. The first kappa shape index (κ1) is 20.5. The lowest BCUT2D eigenvalue weighted by Crippen LogP contribution is -2.56. The summed E-state index contributed by atoms with van der Waals surface area (Å²) in [6.07, 6.45) is 2.11. The van der Waals surface area contributed by atoms with Crippen LogP contribution in [-0.4, -0.2) is 101 Å². The van der Waals surface area contributed by atoms with Crippen LogP contribution in [0.15, 0.2) is 0 Å². The molecule has 8 heteroatoms. The number of morpholine rings is 1. The van der Waals surface area contributed by atoms with Crippen LogP contribution in [0, 0.1) is 0 Å². The summed E-state index contributed by atoms with van der Waals surface area (Å²) in [5.74, 6) is -0.346. The van der Waals surface area contributed by atoms with E-state index in [0.29, 0.717) is 39.6 Å². The highest BCUT2D eigenvalue weighted by Crippen LogP contribution is 2.29. The number of hydrogen-bond acceptors (Lipinski definition) is 8. The van der Waals surface area contributed by atoms with Gasteiger partial charge in [0.05, 0.1) is 51.8 Å². The van der Waals surface area contributed by atoms with Crippen LogP contribution in [-0.2, 0) is 28.6 Å². The summed E-state index contributed by atoms with van der Waals surface area (Å²) in [6.45, 7) is 8.39. The highest BCUT2D eigenvalue weighted by atomic mass is 16.7. The molecule has 0 saturated carbocycles. The molecule has 0 bridgehead atoms. The molecule has 0 N–H and O–H groups in total. The molecule has 2 heterocycles. The van der Waals surface area contributed by atoms with Gasteiger partial charge < -0.3 is 23.8 Å². The van der Waals surface area contributed by atoms with Gasteiger partial charge in [-0.3, -0.25) is 4.84 Å². The Hall–Kier alpha value is -0.770. The predicted molar refractivity (Wildman–Crippen MR) is 91.2 cm³/mol. The van der Waals surface area contributed by atoms with Crippen molar-refractivity contribution in [2.45, 2.75) is 25.4 Å². The Labute approximate surface area is 150 Å². The quantitative estimate of drug-likeness (QED) is 0.407. The molecule has 25 heavy (non-hydrogen) atoms. The van der Waals surface area contributed by atoms with Crippen molar-refractivity contribution in [1.82, 2.24) is 9.96 Å². The van der Waals surface area contributed by atoms with E-state index in [1.54, 1.807) is 6.92 Å². The van der Waals surface area contributed by atoms with E-state index in [-0.39, 0.29) is 18.2 Å². The fourth-order valence-electron chi connectivity index (χ4n) is 3.05. The maximum atomic E-state index is 11.1.